The maximum atomic E-state index is 12.1. The third kappa shape index (κ3) is 4.55. The summed E-state index contributed by atoms with van der Waals surface area (Å²) in [6, 6.07) is 18.6. The molecule has 6 heteroatoms. The minimum absolute atomic E-state index is 0.0210. The van der Waals surface area contributed by atoms with Crippen LogP contribution >= 0.6 is 22.6 Å². The molecule has 0 aliphatic carbocycles. The third-order valence-corrected chi connectivity index (χ3v) is 5.86. The van der Waals surface area contributed by atoms with Crippen molar-refractivity contribution >= 4 is 28.7 Å². The lowest BCUT2D eigenvalue weighted by atomic mass is 9.93. The van der Waals surface area contributed by atoms with Gasteiger partial charge in [-0.05, 0) is 24.0 Å². The van der Waals surface area contributed by atoms with Crippen molar-refractivity contribution < 1.29 is 19.7 Å². The van der Waals surface area contributed by atoms with Gasteiger partial charge in [-0.1, -0.05) is 83.3 Å². The van der Waals surface area contributed by atoms with Gasteiger partial charge in [0.15, 0.2) is 6.29 Å². The molecule has 2 aromatic rings. The van der Waals surface area contributed by atoms with Crippen LogP contribution in [0.2, 0.25) is 0 Å². The van der Waals surface area contributed by atoms with Gasteiger partial charge < -0.3 is 14.9 Å². The van der Waals surface area contributed by atoms with Gasteiger partial charge in [-0.2, -0.15) is 0 Å². The predicted octanol–water partition coefficient (Wildman–Crippen LogP) is 4.21. The van der Waals surface area contributed by atoms with Crippen molar-refractivity contribution in [3.8, 4) is 0 Å². The average Bonchev–Trinajstić information content (AvgIpc) is 2.65. The predicted molar refractivity (Wildman–Crippen MR) is 107 cm³/mol. The molecule has 5 nitrogen and oxygen atoms in total. The lowest BCUT2D eigenvalue weighted by Crippen LogP contribution is -2.46. The van der Waals surface area contributed by atoms with Crippen LogP contribution in [0.15, 0.2) is 60.7 Å². The molecular weight excluding hydrogens is 445 g/mol. The van der Waals surface area contributed by atoms with Crippen LogP contribution in [-0.4, -0.2) is 37.5 Å². The monoisotopic (exact) mass is 467 g/mol. The first-order valence-corrected chi connectivity index (χ1v) is 9.87. The SMILES string of the molecule is O=C(O)N(Cc1ccccc1)[C@H](c1ccccc1)[C@@H]1CCC(I)C(O)O1. The van der Waals surface area contributed by atoms with Gasteiger partial charge in [-0.25, -0.2) is 4.79 Å². The van der Waals surface area contributed by atoms with E-state index in [0.29, 0.717) is 6.42 Å². The molecule has 1 amide bonds. The van der Waals surface area contributed by atoms with Crippen molar-refractivity contribution in [2.45, 2.75) is 41.7 Å². The average molecular weight is 467 g/mol. The first kappa shape index (κ1) is 19.1. The number of ether oxygens (including phenoxy) is 1. The van der Waals surface area contributed by atoms with Crippen molar-refractivity contribution in [1.82, 2.24) is 4.90 Å². The van der Waals surface area contributed by atoms with E-state index in [0.717, 1.165) is 17.5 Å². The number of aliphatic hydroxyl groups is 1. The number of hydrogen-bond donors (Lipinski definition) is 2. The molecule has 3 rings (SSSR count). The standard InChI is InChI=1S/C20H22INO4/c21-16-11-12-17(26-19(16)23)18(15-9-5-2-6-10-15)22(20(24)25)13-14-7-3-1-4-8-14/h1-10,16-19,23H,11-13H2,(H,24,25)/t16?,17-,18+,19?/m0/s1. The Morgan fingerprint density at radius 3 is 2.31 bits per heavy atom. The molecule has 0 radical (unpaired) electrons. The van der Waals surface area contributed by atoms with Crippen molar-refractivity contribution in [2.75, 3.05) is 0 Å². The second-order valence-corrected chi connectivity index (χ2v) is 8.01. The number of alkyl halides is 1. The van der Waals surface area contributed by atoms with Crippen LogP contribution in [-0.2, 0) is 11.3 Å². The van der Waals surface area contributed by atoms with Gasteiger partial charge in [0.1, 0.15) is 0 Å². The summed E-state index contributed by atoms with van der Waals surface area (Å²) in [5.74, 6) is 0. The molecule has 1 heterocycles. The topological polar surface area (TPSA) is 70.0 Å². The number of aliphatic hydroxyl groups excluding tert-OH is 1. The highest BCUT2D eigenvalue weighted by atomic mass is 127. The summed E-state index contributed by atoms with van der Waals surface area (Å²) in [4.78, 5) is 13.5. The summed E-state index contributed by atoms with van der Waals surface area (Å²) in [7, 11) is 0. The van der Waals surface area contributed by atoms with E-state index in [-0.39, 0.29) is 10.5 Å². The summed E-state index contributed by atoms with van der Waals surface area (Å²) in [6.45, 7) is 0.263. The van der Waals surface area contributed by atoms with Gasteiger partial charge in [-0.3, -0.25) is 4.90 Å². The molecule has 138 valence electrons. The fraction of sp³-hybridized carbons (Fsp3) is 0.350. The molecule has 1 fully saturated rings. The zero-order chi connectivity index (χ0) is 18.5. The Hall–Kier alpha value is -1.64. The molecule has 4 atom stereocenters. The van der Waals surface area contributed by atoms with E-state index in [2.05, 4.69) is 22.6 Å². The summed E-state index contributed by atoms with van der Waals surface area (Å²) in [5.41, 5.74) is 1.79. The summed E-state index contributed by atoms with van der Waals surface area (Å²) >= 11 is 2.18. The number of rotatable bonds is 5. The largest absolute Gasteiger partial charge is 0.465 e. The van der Waals surface area contributed by atoms with Gasteiger partial charge in [-0.15, -0.1) is 0 Å². The minimum atomic E-state index is -1.00. The first-order valence-electron chi connectivity index (χ1n) is 8.62. The molecule has 2 N–H and O–H groups in total. The summed E-state index contributed by atoms with van der Waals surface area (Å²) in [6.07, 6.45) is -0.791. The Morgan fingerprint density at radius 2 is 1.73 bits per heavy atom. The number of halogens is 1. The van der Waals surface area contributed by atoms with Gasteiger partial charge in [0.2, 0.25) is 0 Å². The van der Waals surface area contributed by atoms with E-state index in [1.165, 1.54) is 4.90 Å². The van der Waals surface area contributed by atoms with E-state index in [9.17, 15) is 15.0 Å². The van der Waals surface area contributed by atoms with Gasteiger partial charge >= 0.3 is 6.09 Å². The normalized spacial score (nSPS) is 24.0. The van der Waals surface area contributed by atoms with Crippen LogP contribution in [0.3, 0.4) is 0 Å². The van der Waals surface area contributed by atoms with E-state index in [1.54, 1.807) is 0 Å². The van der Waals surface area contributed by atoms with Crippen molar-refractivity contribution in [3.63, 3.8) is 0 Å². The zero-order valence-corrected chi connectivity index (χ0v) is 16.4. The molecule has 0 saturated carbocycles. The molecule has 2 unspecified atom stereocenters. The molecule has 1 saturated heterocycles. The van der Waals surface area contributed by atoms with Gasteiger partial charge in [0, 0.05) is 6.54 Å². The molecule has 26 heavy (non-hydrogen) atoms. The molecule has 2 aromatic carbocycles. The highest BCUT2D eigenvalue weighted by Crippen LogP contribution is 2.36. The number of benzene rings is 2. The molecule has 0 spiro atoms. The van der Waals surface area contributed by atoms with E-state index in [4.69, 9.17) is 4.74 Å². The Bertz CT molecular complexity index is 712. The van der Waals surface area contributed by atoms with Crippen molar-refractivity contribution in [3.05, 3.63) is 71.8 Å². The van der Waals surface area contributed by atoms with Crippen LogP contribution in [0, 0.1) is 0 Å². The summed E-state index contributed by atoms with van der Waals surface area (Å²) < 4.78 is 5.85. The van der Waals surface area contributed by atoms with Crippen LogP contribution in [0.25, 0.3) is 0 Å². The van der Waals surface area contributed by atoms with Crippen molar-refractivity contribution in [2.24, 2.45) is 0 Å². The van der Waals surface area contributed by atoms with Crippen LogP contribution in [0.5, 0.6) is 0 Å². The van der Waals surface area contributed by atoms with Gasteiger partial charge in [0.05, 0.1) is 16.1 Å². The quantitative estimate of drug-likeness (QED) is 0.511. The maximum absolute atomic E-state index is 12.1. The van der Waals surface area contributed by atoms with Crippen LogP contribution < -0.4 is 0 Å². The second-order valence-electron chi connectivity index (χ2n) is 6.41. The molecule has 1 aliphatic rings. The Balaban J connectivity index is 1.93. The molecule has 0 bridgehead atoms. The minimum Gasteiger partial charge on any atom is -0.465 e. The highest BCUT2D eigenvalue weighted by Gasteiger charge is 2.38. The third-order valence-electron chi connectivity index (χ3n) is 4.62. The zero-order valence-electron chi connectivity index (χ0n) is 14.2. The number of hydrogen-bond acceptors (Lipinski definition) is 3. The van der Waals surface area contributed by atoms with Crippen LogP contribution in [0.1, 0.15) is 30.0 Å². The molecule has 0 aromatic heterocycles. The first-order chi connectivity index (χ1) is 12.6. The lowest BCUT2D eigenvalue weighted by molar-refractivity contribution is -0.173. The van der Waals surface area contributed by atoms with E-state index in [1.807, 2.05) is 60.7 Å². The fourth-order valence-electron chi connectivity index (χ4n) is 3.34. The Kier molecular flexibility index (Phi) is 6.50. The van der Waals surface area contributed by atoms with E-state index >= 15 is 0 Å². The van der Waals surface area contributed by atoms with Crippen molar-refractivity contribution in [1.29, 1.82) is 0 Å². The van der Waals surface area contributed by atoms with Gasteiger partial charge in [0.25, 0.3) is 0 Å². The Labute approximate surface area is 166 Å². The maximum Gasteiger partial charge on any atom is 0.408 e. The number of nitrogens with zero attached hydrogens (tertiary/aromatic N) is 1. The number of carboxylic acid groups (broad SMARTS) is 1. The smallest absolute Gasteiger partial charge is 0.408 e. The second kappa shape index (κ2) is 8.83. The van der Waals surface area contributed by atoms with Crippen LogP contribution in [0.4, 0.5) is 4.79 Å². The summed E-state index contributed by atoms with van der Waals surface area (Å²) in [5, 5.41) is 20.1. The fourth-order valence-corrected chi connectivity index (χ4v) is 3.87. The Morgan fingerprint density at radius 1 is 1.12 bits per heavy atom. The lowest BCUT2D eigenvalue weighted by Gasteiger charge is -2.40. The number of amides is 1. The van der Waals surface area contributed by atoms with E-state index < -0.39 is 24.5 Å². The molecule has 1 aliphatic heterocycles. The highest BCUT2D eigenvalue weighted by molar-refractivity contribution is 14.1. The number of carbonyl (C=O) groups is 1. The molecular formula is C20H22INO4.